The topological polar surface area (TPSA) is 52.4 Å². The third-order valence-corrected chi connectivity index (χ3v) is 3.00. The van der Waals surface area contributed by atoms with Crippen molar-refractivity contribution in [3.63, 3.8) is 0 Å². The van der Waals surface area contributed by atoms with Gasteiger partial charge in [-0.25, -0.2) is 0 Å². The minimum atomic E-state index is 0.0131. The van der Waals surface area contributed by atoms with E-state index in [1.807, 2.05) is 47.0 Å². The van der Waals surface area contributed by atoms with Crippen LogP contribution < -0.4 is 11.3 Å². The summed E-state index contributed by atoms with van der Waals surface area (Å²) in [6, 6.07) is 11.6. The van der Waals surface area contributed by atoms with Crippen molar-refractivity contribution >= 4 is 16.6 Å². The molecule has 4 nitrogen and oxygen atoms in total. The van der Waals surface area contributed by atoms with Crippen LogP contribution in [0.15, 0.2) is 47.4 Å². The zero-order valence-corrected chi connectivity index (χ0v) is 9.34. The lowest BCUT2D eigenvalue weighted by molar-refractivity contribution is 0.707. The van der Waals surface area contributed by atoms with E-state index in [9.17, 15) is 4.79 Å². The smallest absolute Gasteiger partial charge is 0.275 e. The first-order valence-electron chi connectivity index (χ1n) is 5.61. The first-order chi connectivity index (χ1) is 8.33. The third kappa shape index (κ3) is 1.38. The van der Waals surface area contributed by atoms with Gasteiger partial charge in [0.1, 0.15) is 5.52 Å². The Morgan fingerprint density at radius 3 is 2.47 bits per heavy atom. The molecule has 0 aliphatic carbocycles. The minimum Gasteiger partial charge on any atom is -0.329 e. The molecule has 1 aromatic carbocycles. The molecule has 86 valence electrons. The van der Waals surface area contributed by atoms with E-state index in [0.717, 1.165) is 11.0 Å². The monoisotopic (exact) mass is 227 g/mol. The van der Waals surface area contributed by atoms with Gasteiger partial charge >= 0.3 is 0 Å². The van der Waals surface area contributed by atoms with E-state index in [4.69, 9.17) is 5.73 Å². The van der Waals surface area contributed by atoms with Crippen LogP contribution in [0, 0.1) is 0 Å². The Hall–Kier alpha value is -2.07. The van der Waals surface area contributed by atoms with Gasteiger partial charge in [-0.1, -0.05) is 12.1 Å². The molecule has 0 fully saturated rings. The van der Waals surface area contributed by atoms with Gasteiger partial charge in [-0.15, -0.1) is 0 Å². The van der Waals surface area contributed by atoms with Crippen LogP contribution in [0.5, 0.6) is 0 Å². The minimum absolute atomic E-state index is 0.0131. The average Bonchev–Trinajstić information content (AvgIpc) is 2.84. The zero-order chi connectivity index (χ0) is 11.8. The van der Waals surface area contributed by atoms with E-state index < -0.39 is 0 Å². The summed E-state index contributed by atoms with van der Waals surface area (Å²) < 4.78 is 3.66. The third-order valence-electron chi connectivity index (χ3n) is 3.00. The second-order valence-electron chi connectivity index (χ2n) is 4.00. The molecule has 0 unspecified atom stereocenters. The summed E-state index contributed by atoms with van der Waals surface area (Å²) in [5.74, 6) is 0. The van der Waals surface area contributed by atoms with E-state index in [0.29, 0.717) is 18.6 Å². The predicted octanol–water partition coefficient (Wildman–Crippen LogP) is 1.21. The standard InChI is InChI=1S/C13H13N3O/c14-7-9-16-11-5-2-1-4-10(11)15-8-3-6-12(15)13(16)17/h1-6,8H,7,9,14H2. The number of hydrogen-bond acceptors (Lipinski definition) is 2. The molecule has 3 aromatic rings. The lowest BCUT2D eigenvalue weighted by Gasteiger charge is -2.11. The average molecular weight is 227 g/mol. The fourth-order valence-corrected chi connectivity index (χ4v) is 2.26. The molecular weight excluding hydrogens is 214 g/mol. The van der Waals surface area contributed by atoms with E-state index in [1.165, 1.54) is 0 Å². The Kier molecular flexibility index (Phi) is 2.23. The Labute approximate surface area is 97.9 Å². The molecule has 0 saturated carbocycles. The Morgan fingerprint density at radius 2 is 1.71 bits per heavy atom. The first kappa shape index (κ1) is 10.1. The van der Waals surface area contributed by atoms with Crippen LogP contribution in [0.2, 0.25) is 0 Å². The summed E-state index contributed by atoms with van der Waals surface area (Å²) in [5.41, 5.74) is 8.23. The highest BCUT2D eigenvalue weighted by Crippen LogP contribution is 2.14. The number of benzene rings is 1. The summed E-state index contributed by atoms with van der Waals surface area (Å²) in [4.78, 5) is 12.3. The molecule has 2 aromatic heterocycles. The van der Waals surface area contributed by atoms with Gasteiger partial charge in [0.05, 0.1) is 11.0 Å². The predicted molar refractivity (Wildman–Crippen MR) is 68.2 cm³/mol. The molecule has 2 heterocycles. The molecule has 0 amide bonds. The van der Waals surface area contributed by atoms with Crippen LogP contribution in [0.25, 0.3) is 16.6 Å². The molecule has 0 aliphatic rings. The zero-order valence-electron chi connectivity index (χ0n) is 9.34. The summed E-state index contributed by atoms with van der Waals surface area (Å²) in [6.45, 7) is 1.00. The quantitative estimate of drug-likeness (QED) is 0.715. The van der Waals surface area contributed by atoms with E-state index in [1.54, 1.807) is 4.57 Å². The number of nitrogens with zero attached hydrogens (tertiary/aromatic N) is 2. The molecule has 0 bridgehead atoms. The van der Waals surface area contributed by atoms with Gasteiger partial charge in [-0.2, -0.15) is 0 Å². The molecule has 17 heavy (non-hydrogen) atoms. The summed E-state index contributed by atoms with van der Waals surface area (Å²) in [6.07, 6.45) is 1.91. The van der Waals surface area contributed by atoms with Gasteiger partial charge < -0.3 is 14.7 Å². The molecule has 0 atom stereocenters. The molecule has 4 heteroatoms. The second kappa shape index (κ2) is 3.75. The molecule has 2 N–H and O–H groups in total. The van der Waals surface area contributed by atoms with Gasteiger partial charge in [0.15, 0.2) is 0 Å². The van der Waals surface area contributed by atoms with Crippen molar-refractivity contribution in [3.8, 4) is 0 Å². The van der Waals surface area contributed by atoms with Crippen molar-refractivity contribution in [1.82, 2.24) is 8.97 Å². The van der Waals surface area contributed by atoms with Gasteiger partial charge in [0, 0.05) is 19.3 Å². The van der Waals surface area contributed by atoms with Gasteiger partial charge in [-0.3, -0.25) is 4.79 Å². The van der Waals surface area contributed by atoms with Crippen LogP contribution in [-0.2, 0) is 6.54 Å². The summed E-state index contributed by atoms with van der Waals surface area (Å²) in [5, 5.41) is 0. The number of aromatic nitrogens is 2. The lowest BCUT2D eigenvalue weighted by Crippen LogP contribution is -2.25. The van der Waals surface area contributed by atoms with Crippen LogP contribution in [0.1, 0.15) is 0 Å². The Morgan fingerprint density at radius 1 is 1.00 bits per heavy atom. The van der Waals surface area contributed by atoms with E-state index >= 15 is 0 Å². The van der Waals surface area contributed by atoms with Crippen molar-refractivity contribution < 1.29 is 0 Å². The Bertz CT molecular complexity index is 739. The molecule has 0 radical (unpaired) electrons. The van der Waals surface area contributed by atoms with Gasteiger partial charge in [0.25, 0.3) is 5.56 Å². The van der Waals surface area contributed by atoms with Gasteiger partial charge in [-0.05, 0) is 24.3 Å². The Balaban J connectivity index is 2.57. The second-order valence-corrected chi connectivity index (χ2v) is 4.00. The van der Waals surface area contributed by atoms with Crippen LogP contribution in [-0.4, -0.2) is 15.5 Å². The maximum Gasteiger partial charge on any atom is 0.275 e. The van der Waals surface area contributed by atoms with E-state index in [2.05, 4.69) is 0 Å². The fraction of sp³-hybridized carbons (Fsp3) is 0.154. The fourth-order valence-electron chi connectivity index (χ4n) is 2.26. The highest BCUT2D eigenvalue weighted by Gasteiger charge is 2.08. The number of fused-ring (bicyclic) bond motifs is 3. The van der Waals surface area contributed by atoms with Crippen molar-refractivity contribution in [2.24, 2.45) is 5.73 Å². The number of rotatable bonds is 2. The maximum atomic E-state index is 12.3. The van der Waals surface area contributed by atoms with Crippen LogP contribution >= 0.6 is 0 Å². The van der Waals surface area contributed by atoms with Crippen molar-refractivity contribution in [1.29, 1.82) is 0 Å². The number of hydrogen-bond donors (Lipinski definition) is 1. The first-order valence-corrected chi connectivity index (χ1v) is 5.61. The number of nitrogens with two attached hydrogens (primary N) is 1. The summed E-state index contributed by atoms with van der Waals surface area (Å²) in [7, 11) is 0. The lowest BCUT2D eigenvalue weighted by atomic mass is 10.3. The van der Waals surface area contributed by atoms with Crippen LogP contribution in [0.3, 0.4) is 0 Å². The van der Waals surface area contributed by atoms with Crippen molar-refractivity contribution in [2.45, 2.75) is 6.54 Å². The normalized spacial score (nSPS) is 11.4. The van der Waals surface area contributed by atoms with E-state index in [-0.39, 0.29) is 5.56 Å². The van der Waals surface area contributed by atoms with Crippen molar-refractivity contribution in [2.75, 3.05) is 6.54 Å². The maximum absolute atomic E-state index is 12.3. The SMILES string of the molecule is NCCn1c(=O)c2cccn2c2ccccc21. The van der Waals surface area contributed by atoms with Crippen LogP contribution in [0.4, 0.5) is 0 Å². The molecule has 0 spiro atoms. The highest BCUT2D eigenvalue weighted by molar-refractivity contribution is 5.78. The molecule has 0 saturated heterocycles. The van der Waals surface area contributed by atoms with Crippen molar-refractivity contribution in [3.05, 3.63) is 52.9 Å². The van der Waals surface area contributed by atoms with Gasteiger partial charge in [0.2, 0.25) is 0 Å². The largest absolute Gasteiger partial charge is 0.329 e. The summed E-state index contributed by atoms with van der Waals surface area (Å²) >= 11 is 0. The molecular formula is C13H13N3O. The molecule has 0 aliphatic heterocycles. The molecule has 3 rings (SSSR count). The highest BCUT2D eigenvalue weighted by atomic mass is 16.1. The number of para-hydroxylation sites is 2.